The first-order chi connectivity index (χ1) is 10.7. The normalized spacial score (nSPS) is 10.5. The summed E-state index contributed by atoms with van der Waals surface area (Å²) in [6, 6.07) is 7.69. The maximum atomic E-state index is 5.61. The summed E-state index contributed by atoms with van der Waals surface area (Å²) in [4.78, 5) is 4.38. The molecule has 0 aliphatic heterocycles. The number of nitrogens with zero attached hydrogens (tertiary/aromatic N) is 3. The number of nitrogens with one attached hydrogen (secondary N) is 2. The van der Waals surface area contributed by atoms with E-state index in [1.54, 1.807) is 6.20 Å². The monoisotopic (exact) mass is 301 g/mol. The summed E-state index contributed by atoms with van der Waals surface area (Å²) in [6.07, 6.45) is 4.03. The molecule has 118 valence electrons. The first kappa shape index (κ1) is 16.0. The van der Waals surface area contributed by atoms with Crippen molar-refractivity contribution in [2.24, 2.45) is 0 Å². The molecule has 0 spiro atoms. The van der Waals surface area contributed by atoms with Crippen LogP contribution in [-0.4, -0.2) is 27.8 Å². The molecule has 0 saturated heterocycles. The zero-order valence-corrected chi connectivity index (χ0v) is 13.3. The van der Waals surface area contributed by atoms with E-state index in [4.69, 9.17) is 4.74 Å². The molecule has 1 aromatic carbocycles. The third-order valence-electron chi connectivity index (χ3n) is 2.88. The highest BCUT2D eigenvalue weighted by Crippen LogP contribution is 2.19. The molecule has 0 amide bonds. The lowest BCUT2D eigenvalue weighted by Crippen LogP contribution is -2.07. The molecular formula is C16H23N5O. The summed E-state index contributed by atoms with van der Waals surface area (Å²) < 4.78 is 5.61. The first-order valence-corrected chi connectivity index (χ1v) is 7.64. The van der Waals surface area contributed by atoms with E-state index in [9.17, 15) is 0 Å². The van der Waals surface area contributed by atoms with E-state index in [2.05, 4.69) is 32.7 Å². The van der Waals surface area contributed by atoms with Crippen LogP contribution in [-0.2, 0) is 0 Å². The van der Waals surface area contributed by atoms with Gasteiger partial charge in [0, 0.05) is 12.2 Å². The van der Waals surface area contributed by atoms with Crippen LogP contribution in [0.5, 0.6) is 5.75 Å². The molecule has 22 heavy (non-hydrogen) atoms. The fraction of sp³-hybridized carbons (Fsp3) is 0.438. The molecular weight excluding hydrogens is 278 g/mol. The first-order valence-electron chi connectivity index (χ1n) is 7.64. The van der Waals surface area contributed by atoms with Crippen molar-refractivity contribution in [2.45, 2.75) is 39.7 Å². The van der Waals surface area contributed by atoms with Crippen LogP contribution in [0.1, 0.15) is 33.6 Å². The molecule has 0 unspecified atom stereocenters. The van der Waals surface area contributed by atoms with Gasteiger partial charge in [-0.25, -0.2) is 0 Å². The summed E-state index contributed by atoms with van der Waals surface area (Å²) in [7, 11) is 0. The fourth-order valence-corrected chi connectivity index (χ4v) is 1.85. The Morgan fingerprint density at radius 2 is 1.95 bits per heavy atom. The molecule has 2 rings (SSSR count). The second-order valence-electron chi connectivity index (χ2n) is 5.26. The van der Waals surface area contributed by atoms with Crippen molar-refractivity contribution < 1.29 is 4.74 Å². The highest BCUT2D eigenvalue weighted by molar-refractivity contribution is 5.55. The average Bonchev–Trinajstić information content (AvgIpc) is 2.49. The van der Waals surface area contributed by atoms with Crippen molar-refractivity contribution in [2.75, 3.05) is 17.2 Å². The summed E-state index contributed by atoms with van der Waals surface area (Å²) in [6.45, 7) is 7.04. The maximum Gasteiger partial charge on any atom is 0.249 e. The molecule has 1 aromatic heterocycles. The Hall–Kier alpha value is -2.37. The minimum atomic E-state index is 0.164. The quantitative estimate of drug-likeness (QED) is 0.726. The lowest BCUT2D eigenvalue weighted by Gasteiger charge is -2.11. The molecule has 0 aliphatic carbocycles. The topological polar surface area (TPSA) is 72.0 Å². The molecule has 0 aliphatic rings. The fourth-order valence-electron chi connectivity index (χ4n) is 1.85. The van der Waals surface area contributed by atoms with Gasteiger partial charge >= 0.3 is 0 Å². The van der Waals surface area contributed by atoms with E-state index in [0.717, 1.165) is 36.6 Å². The second kappa shape index (κ2) is 8.17. The molecule has 1 heterocycles. The minimum Gasteiger partial charge on any atom is -0.491 e. The van der Waals surface area contributed by atoms with E-state index in [-0.39, 0.29) is 6.10 Å². The largest absolute Gasteiger partial charge is 0.491 e. The van der Waals surface area contributed by atoms with Gasteiger partial charge in [0.15, 0.2) is 5.82 Å². The highest BCUT2D eigenvalue weighted by Gasteiger charge is 2.02. The van der Waals surface area contributed by atoms with Crippen LogP contribution in [0, 0.1) is 0 Å². The van der Waals surface area contributed by atoms with Crippen LogP contribution in [0.3, 0.4) is 0 Å². The van der Waals surface area contributed by atoms with Crippen LogP contribution in [0.15, 0.2) is 30.5 Å². The van der Waals surface area contributed by atoms with Crippen molar-refractivity contribution in [1.29, 1.82) is 0 Å². The third-order valence-corrected chi connectivity index (χ3v) is 2.88. The number of benzene rings is 1. The van der Waals surface area contributed by atoms with Crippen LogP contribution < -0.4 is 15.4 Å². The van der Waals surface area contributed by atoms with Gasteiger partial charge in [-0.1, -0.05) is 13.3 Å². The molecule has 0 saturated carbocycles. The van der Waals surface area contributed by atoms with Gasteiger partial charge in [-0.3, -0.25) is 0 Å². The number of hydrogen-bond acceptors (Lipinski definition) is 6. The molecule has 2 N–H and O–H groups in total. The minimum absolute atomic E-state index is 0.164. The van der Waals surface area contributed by atoms with Gasteiger partial charge < -0.3 is 15.4 Å². The summed E-state index contributed by atoms with van der Waals surface area (Å²) in [5.41, 5.74) is 0.892. The number of aromatic nitrogens is 3. The molecule has 0 fully saturated rings. The predicted molar refractivity (Wildman–Crippen MR) is 88.7 cm³/mol. The standard InChI is InChI=1S/C16H23N5O/c1-4-5-10-17-15-11-18-21-16(20-15)19-13-6-8-14(9-7-13)22-12(2)3/h6-9,11-12H,4-5,10H2,1-3H3,(H2,17,19,20,21). The van der Waals surface area contributed by atoms with E-state index in [0.29, 0.717) is 5.95 Å². The van der Waals surface area contributed by atoms with Crippen LogP contribution in [0.25, 0.3) is 0 Å². The summed E-state index contributed by atoms with van der Waals surface area (Å²) >= 11 is 0. The molecule has 0 atom stereocenters. The predicted octanol–water partition coefficient (Wildman–Crippen LogP) is 3.61. The Kier molecular flexibility index (Phi) is 5.94. The smallest absolute Gasteiger partial charge is 0.249 e. The number of unbranched alkanes of at least 4 members (excludes halogenated alkanes) is 1. The van der Waals surface area contributed by atoms with E-state index < -0.39 is 0 Å². The third kappa shape index (κ3) is 5.20. The van der Waals surface area contributed by atoms with Gasteiger partial charge in [0.2, 0.25) is 5.95 Å². The van der Waals surface area contributed by atoms with Gasteiger partial charge in [-0.05, 0) is 44.5 Å². The highest BCUT2D eigenvalue weighted by atomic mass is 16.5. The van der Waals surface area contributed by atoms with Gasteiger partial charge in [-0.15, -0.1) is 5.10 Å². The van der Waals surface area contributed by atoms with Gasteiger partial charge in [-0.2, -0.15) is 10.1 Å². The Bertz CT molecular complexity index is 571. The van der Waals surface area contributed by atoms with Gasteiger partial charge in [0.1, 0.15) is 5.75 Å². The van der Waals surface area contributed by atoms with Crippen molar-refractivity contribution in [3.8, 4) is 5.75 Å². The molecule has 0 radical (unpaired) electrons. The molecule has 2 aromatic rings. The van der Waals surface area contributed by atoms with Gasteiger partial charge in [0.05, 0.1) is 12.3 Å². The summed E-state index contributed by atoms with van der Waals surface area (Å²) in [5.74, 6) is 2.04. The zero-order chi connectivity index (χ0) is 15.8. The Balaban J connectivity index is 1.96. The lowest BCUT2D eigenvalue weighted by molar-refractivity contribution is 0.242. The van der Waals surface area contributed by atoms with Crippen LogP contribution >= 0.6 is 0 Å². The SMILES string of the molecule is CCCCNc1cnnc(Nc2ccc(OC(C)C)cc2)n1. The Morgan fingerprint density at radius 1 is 1.18 bits per heavy atom. The zero-order valence-electron chi connectivity index (χ0n) is 13.3. The van der Waals surface area contributed by atoms with E-state index in [1.807, 2.05) is 38.1 Å². The summed E-state index contributed by atoms with van der Waals surface area (Å²) in [5, 5.41) is 14.3. The van der Waals surface area contributed by atoms with Crippen molar-refractivity contribution in [1.82, 2.24) is 15.2 Å². The van der Waals surface area contributed by atoms with Crippen molar-refractivity contribution in [3.05, 3.63) is 30.5 Å². The Morgan fingerprint density at radius 3 is 2.64 bits per heavy atom. The van der Waals surface area contributed by atoms with Crippen LogP contribution in [0.2, 0.25) is 0 Å². The van der Waals surface area contributed by atoms with E-state index >= 15 is 0 Å². The number of anilines is 3. The van der Waals surface area contributed by atoms with Crippen molar-refractivity contribution >= 4 is 17.5 Å². The van der Waals surface area contributed by atoms with Crippen LogP contribution in [0.4, 0.5) is 17.5 Å². The Labute approximate surface area is 131 Å². The maximum absolute atomic E-state index is 5.61. The average molecular weight is 301 g/mol. The van der Waals surface area contributed by atoms with Gasteiger partial charge in [0.25, 0.3) is 0 Å². The number of ether oxygens (including phenoxy) is 1. The number of rotatable bonds is 8. The lowest BCUT2D eigenvalue weighted by atomic mass is 10.3. The second-order valence-corrected chi connectivity index (χ2v) is 5.26. The molecule has 6 nitrogen and oxygen atoms in total. The van der Waals surface area contributed by atoms with Crippen molar-refractivity contribution in [3.63, 3.8) is 0 Å². The number of hydrogen-bond donors (Lipinski definition) is 2. The van der Waals surface area contributed by atoms with E-state index in [1.165, 1.54) is 0 Å². The molecule has 0 bridgehead atoms. The molecule has 6 heteroatoms.